The van der Waals surface area contributed by atoms with Crippen molar-refractivity contribution < 1.29 is 128 Å². The van der Waals surface area contributed by atoms with Crippen molar-refractivity contribution in [2.45, 2.75) is 299 Å². The third-order valence-corrected chi connectivity index (χ3v) is 21.6. The molecule has 1 fully saturated rings. The summed E-state index contributed by atoms with van der Waals surface area (Å²) in [6.45, 7) is 27.9. The minimum Gasteiger partial charge on any atom is -0.479 e. The molecule has 0 aromatic rings. The Morgan fingerprint density at radius 2 is 1.30 bits per heavy atom. The Bertz CT molecular complexity index is 3320. The molecule has 0 aromatic heterocycles. The third-order valence-electron chi connectivity index (χ3n) is 21.6. The number of esters is 3. The van der Waals surface area contributed by atoms with Gasteiger partial charge in [-0.25, -0.2) is 14.4 Å². The van der Waals surface area contributed by atoms with Crippen molar-refractivity contribution in [3.05, 3.63) is 95.7 Å². The molecule has 23 unspecified atom stereocenters. The highest BCUT2D eigenvalue weighted by Crippen LogP contribution is 2.36. The molecule has 0 aromatic carbocycles. The molecule has 1 saturated heterocycles. The average Bonchev–Trinajstić information content (AvgIpc) is 0.751. The van der Waals surface area contributed by atoms with Crippen molar-refractivity contribution in [2.75, 3.05) is 7.11 Å². The van der Waals surface area contributed by atoms with Crippen LogP contribution in [0.1, 0.15) is 189 Å². The number of aliphatic carboxylic acids is 2. The summed E-state index contributed by atoms with van der Waals surface area (Å²) < 4.78 is 23.0. The number of allylic oxidation sites excluding steroid dienone is 7. The average molecular weight is 1590 g/mol. The second kappa shape index (κ2) is 47.7. The van der Waals surface area contributed by atoms with E-state index in [-0.39, 0.29) is 37.0 Å². The molecule has 0 saturated carbocycles. The van der Waals surface area contributed by atoms with Gasteiger partial charge in [-0.05, 0) is 147 Å². The van der Waals surface area contributed by atoms with Crippen LogP contribution in [0.15, 0.2) is 95.7 Å². The Hall–Kier alpha value is -7.13. The lowest BCUT2D eigenvalue weighted by molar-refractivity contribution is -0.175. The first-order chi connectivity index (χ1) is 51.9. The number of ketones is 1. The van der Waals surface area contributed by atoms with Gasteiger partial charge >= 0.3 is 29.8 Å². The van der Waals surface area contributed by atoms with Gasteiger partial charge in [-0.15, -0.1) is 0 Å². The van der Waals surface area contributed by atoms with Crippen LogP contribution in [0.4, 0.5) is 0 Å². The summed E-state index contributed by atoms with van der Waals surface area (Å²) in [6.07, 6.45) is 0.673. The van der Waals surface area contributed by atoms with Crippen LogP contribution in [0.3, 0.4) is 0 Å². The number of Topliss-reactive ketones (excluding diaryl/α,β-unsaturated/α-hetero) is 1. The number of carbonyl (C=O) groups is 9. The topological polar surface area (TPSA) is 490 Å². The van der Waals surface area contributed by atoms with Crippen LogP contribution in [-0.2, 0) is 62.1 Å². The van der Waals surface area contributed by atoms with Crippen LogP contribution in [-0.4, -0.2) is 237 Å². The fourth-order valence-electron chi connectivity index (χ4n) is 13.9. The van der Waals surface area contributed by atoms with Gasteiger partial charge in [0, 0.05) is 47.5 Å². The van der Waals surface area contributed by atoms with Gasteiger partial charge in [-0.1, -0.05) is 136 Å². The molecule has 2 aliphatic rings. The Morgan fingerprint density at radius 3 is 1.88 bits per heavy atom. The van der Waals surface area contributed by atoms with E-state index in [4.69, 9.17) is 18.9 Å². The van der Waals surface area contributed by atoms with Crippen LogP contribution in [0.5, 0.6) is 0 Å². The largest absolute Gasteiger partial charge is 0.479 e. The fraction of sp³-hybridized carbons (Fsp3) is 0.699. The highest BCUT2D eigenvalue weighted by molar-refractivity contribution is 5.95. The maximum absolute atomic E-state index is 14.6. The molecule has 0 radical (unpaired) electrons. The van der Waals surface area contributed by atoms with Gasteiger partial charge in [0.1, 0.15) is 18.0 Å². The lowest BCUT2D eigenvalue weighted by Crippen LogP contribution is -2.59. The Kier molecular flexibility index (Phi) is 43.0. The molecule has 2 bridgehead atoms. The zero-order valence-electron chi connectivity index (χ0n) is 68.8. The first kappa shape index (κ1) is 101. The first-order valence-electron chi connectivity index (χ1n) is 38.9. The lowest BCUT2D eigenvalue weighted by Gasteiger charge is -2.38. The van der Waals surface area contributed by atoms with Crippen molar-refractivity contribution in [3.63, 3.8) is 0 Å². The van der Waals surface area contributed by atoms with Crippen molar-refractivity contribution in [3.8, 4) is 0 Å². The van der Waals surface area contributed by atoms with Gasteiger partial charge in [-0.2, -0.15) is 0 Å². The van der Waals surface area contributed by atoms with Crippen LogP contribution in [0.2, 0.25) is 0 Å². The van der Waals surface area contributed by atoms with Gasteiger partial charge in [0.05, 0.1) is 104 Å². The van der Waals surface area contributed by atoms with Crippen molar-refractivity contribution in [2.24, 2.45) is 64.1 Å². The smallest absolute Gasteiger partial charge is 0.335 e. The number of nitrogens with one attached hydrogen (secondary N) is 3. The van der Waals surface area contributed by atoms with E-state index in [1.54, 1.807) is 73.6 Å². The molecule has 29 nitrogen and oxygen atoms in total. The predicted molar refractivity (Wildman–Crippen MR) is 417 cm³/mol. The highest BCUT2D eigenvalue weighted by Gasteiger charge is 2.47. The van der Waals surface area contributed by atoms with E-state index in [9.17, 15) is 110 Å². The number of amides is 3. The zero-order chi connectivity index (χ0) is 85.7. The molecule has 29 heteroatoms. The summed E-state index contributed by atoms with van der Waals surface area (Å²) in [7, 11) is 1.16. The summed E-state index contributed by atoms with van der Waals surface area (Å²) in [5, 5.41) is 152. The Labute approximate surface area is 660 Å². The summed E-state index contributed by atoms with van der Waals surface area (Å²) in [5.74, 6) is -18.0. The predicted octanol–water partition coefficient (Wildman–Crippen LogP) is 5.26. The minimum absolute atomic E-state index is 0.0392. The van der Waals surface area contributed by atoms with E-state index in [0.29, 0.717) is 42.7 Å². The monoisotopic (exact) mass is 1590 g/mol. The molecule has 0 spiro atoms. The molecule has 2 heterocycles. The molecule has 2 rings (SSSR count). The SMILES string of the molecule is COC(=O)C(C)(C)C(O)C(C)C(=O)C(C)(C)/C=C/C(=O)NC(C(O)C(C)C)C(O)C(C)/C=C(\C)C(O)C(C)CCC(O)C(C)C(=O)NC(C(C)O)C1OC(=O)C(C(O)C(=O)O)NC(=O)/C=C/C=C/CC/C=C/C=C/C[C@@H]2C[C@@H](C)C[C@@H](CC(O)C(C)C(O)/C(C)=C/C(C)C(O)/C(C)=C/CC(OC(=O)CC(O)C(=O)O)C1C)O2. The van der Waals surface area contributed by atoms with E-state index >= 15 is 0 Å². The molecule has 112 heavy (non-hydrogen) atoms. The Morgan fingerprint density at radius 1 is 0.714 bits per heavy atom. The van der Waals surface area contributed by atoms with E-state index in [1.807, 2.05) is 24.3 Å². The number of methoxy groups -OCH3 is 1. The van der Waals surface area contributed by atoms with Gasteiger partial charge in [0.25, 0.3) is 0 Å². The quantitative estimate of drug-likeness (QED) is 0.0196. The summed E-state index contributed by atoms with van der Waals surface area (Å²) in [5.41, 5.74) is -1.81. The molecule has 2 aliphatic heterocycles. The van der Waals surface area contributed by atoms with Crippen molar-refractivity contribution in [1.82, 2.24) is 16.0 Å². The second-order valence-corrected chi connectivity index (χ2v) is 32.6. The number of fused-ring (bicyclic) bond motifs is 2. The van der Waals surface area contributed by atoms with Crippen LogP contribution < -0.4 is 16.0 Å². The van der Waals surface area contributed by atoms with Crippen LogP contribution in [0, 0.1) is 64.1 Å². The molecule has 636 valence electrons. The maximum atomic E-state index is 14.6. The van der Waals surface area contributed by atoms with Crippen LogP contribution >= 0.6 is 0 Å². The van der Waals surface area contributed by atoms with E-state index < -0.39 is 222 Å². The van der Waals surface area contributed by atoms with Gasteiger partial charge in [0.2, 0.25) is 17.7 Å². The molecule has 3 amide bonds. The molecule has 16 N–H and O–H groups in total. The molecular weight excluding hydrogens is 1450 g/mol. The number of cyclic esters (lactones) is 1. The number of carbonyl (C=O) groups excluding carboxylic acids is 7. The number of hydrogen-bond donors (Lipinski definition) is 16. The summed E-state index contributed by atoms with van der Waals surface area (Å²) >= 11 is 0. The summed E-state index contributed by atoms with van der Waals surface area (Å²) in [4.78, 5) is 120. The number of carboxylic acids is 2. The molecular formula is C83H133N3O26. The summed E-state index contributed by atoms with van der Waals surface area (Å²) in [6, 6.07) is -5.55. The number of rotatable bonds is 29. The Balaban J connectivity index is 2.69. The minimum atomic E-state index is -2.71. The number of aliphatic hydroxyl groups is 11. The normalized spacial score (nSPS) is 29.7. The highest BCUT2D eigenvalue weighted by atomic mass is 16.6. The van der Waals surface area contributed by atoms with Gasteiger partial charge < -0.3 is 101 Å². The number of aliphatic hydroxyl groups excluding tert-OH is 11. The van der Waals surface area contributed by atoms with Crippen molar-refractivity contribution in [1.29, 1.82) is 0 Å². The third kappa shape index (κ3) is 31.9. The van der Waals surface area contributed by atoms with Crippen LogP contribution in [0.25, 0.3) is 0 Å². The number of hydrogen-bond acceptors (Lipinski definition) is 24. The second-order valence-electron chi connectivity index (χ2n) is 32.6. The molecule has 0 aliphatic carbocycles. The standard InChI is InChI=1S/C83H133N3O26/c1-43(2)68(94)66(84-63(92)35-36-82(15,16)75(100)54(13)76(101)83(17,18)81(108)109-19)72(98)50(9)40-48(7)69(95)45(4)31-33-58(88)52(11)77(102)86-65(55(14)87)74-53(12)61(111-64(93)42-60(90)78(103)104)34-32-46(5)70(96)47(6)39-49(8)71(97)51(10)59(89)41-57-38-44(3)37-56(110-57)29-27-25-23-21-20-22-24-26-28-30-62(91)85-67(80(107)112-74)73(99)79(105)106/h21,23-28,30,32,35-36,39-40,43-45,47,50-61,65-74,76,87-90,94-99,101H,20,22,29,31,33-34,37-38,41-42H2,1-19H3,(H,84,92)(H,85,91)(H,86,102)(H,103,104)(H,105,106)/b23-21+,26-24+,27-25+,30-28+,36-35+,46-32+,48-40+,49-39+/t44-,45?,47?,50?,51?,52?,53?,54?,55?,56-,57+,58?,59?,60?,61?,65?,66?,67?,68?,69?,70?,71?,72?,73?,74?,76?/m1/s1. The maximum Gasteiger partial charge on any atom is 0.335 e. The zero-order valence-corrected chi connectivity index (χ0v) is 68.8. The number of carboxylic acid groups (broad SMARTS) is 2. The van der Waals surface area contributed by atoms with E-state index in [0.717, 1.165) is 32.6 Å². The van der Waals surface area contributed by atoms with Gasteiger partial charge in [0.15, 0.2) is 18.2 Å². The van der Waals surface area contributed by atoms with E-state index in [1.165, 1.54) is 79.7 Å². The van der Waals surface area contributed by atoms with Crippen molar-refractivity contribution >= 4 is 53.4 Å². The number of ether oxygens (including phenoxy) is 4. The lowest BCUT2D eigenvalue weighted by atomic mass is 9.72. The fourth-order valence-corrected chi connectivity index (χ4v) is 13.9. The first-order valence-corrected chi connectivity index (χ1v) is 38.9. The molecule has 26 atom stereocenters. The van der Waals surface area contributed by atoms with E-state index in [2.05, 4.69) is 22.9 Å². The van der Waals surface area contributed by atoms with Gasteiger partial charge in [-0.3, -0.25) is 28.8 Å².